The van der Waals surface area contributed by atoms with Crippen molar-refractivity contribution in [2.75, 3.05) is 24.2 Å². The maximum atomic E-state index is 13.4. The summed E-state index contributed by atoms with van der Waals surface area (Å²) >= 11 is 18.2. The monoisotopic (exact) mass is 519 g/mol. The summed E-state index contributed by atoms with van der Waals surface area (Å²) in [5.74, 6) is -0.932. The molecule has 0 aliphatic heterocycles. The van der Waals surface area contributed by atoms with Crippen molar-refractivity contribution in [1.29, 1.82) is 0 Å². The van der Waals surface area contributed by atoms with Crippen LogP contribution in [0.4, 0.5) is 5.69 Å². The minimum Gasteiger partial charge on any atom is -0.357 e. The molecule has 0 unspecified atom stereocenters. The van der Waals surface area contributed by atoms with Crippen molar-refractivity contribution in [1.82, 2.24) is 10.2 Å². The highest BCUT2D eigenvalue weighted by Crippen LogP contribution is 2.31. The van der Waals surface area contributed by atoms with Gasteiger partial charge < -0.3 is 10.2 Å². The fraction of sp³-hybridized carbons (Fsp3) is 0.333. The molecule has 0 saturated heterocycles. The highest BCUT2D eigenvalue weighted by molar-refractivity contribution is 7.92. The van der Waals surface area contributed by atoms with E-state index in [1.165, 1.54) is 30.1 Å². The van der Waals surface area contributed by atoms with E-state index in [-0.39, 0.29) is 28.2 Å². The summed E-state index contributed by atoms with van der Waals surface area (Å²) in [7, 11) is -2.42. The van der Waals surface area contributed by atoms with Crippen LogP contribution in [-0.2, 0) is 26.2 Å². The van der Waals surface area contributed by atoms with Gasteiger partial charge >= 0.3 is 0 Å². The van der Waals surface area contributed by atoms with Crippen LogP contribution in [0.2, 0.25) is 15.1 Å². The van der Waals surface area contributed by atoms with Crippen molar-refractivity contribution in [2.24, 2.45) is 0 Å². The van der Waals surface area contributed by atoms with E-state index in [4.69, 9.17) is 34.8 Å². The smallest absolute Gasteiger partial charge is 0.244 e. The number of nitrogens with zero attached hydrogens (tertiary/aromatic N) is 2. The van der Waals surface area contributed by atoms with Gasteiger partial charge in [-0.3, -0.25) is 13.9 Å². The van der Waals surface area contributed by atoms with Crippen molar-refractivity contribution in [3.63, 3.8) is 0 Å². The van der Waals surface area contributed by atoms with E-state index in [1.54, 1.807) is 31.2 Å². The predicted molar refractivity (Wildman–Crippen MR) is 129 cm³/mol. The van der Waals surface area contributed by atoms with Crippen LogP contribution in [0, 0.1) is 0 Å². The van der Waals surface area contributed by atoms with Crippen LogP contribution in [0.3, 0.4) is 0 Å². The number of amides is 2. The van der Waals surface area contributed by atoms with Crippen LogP contribution >= 0.6 is 34.8 Å². The molecule has 174 valence electrons. The lowest BCUT2D eigenvalue weighted by Crippen LogP contribution is -2.51. The summed E-state index contributed by atoms with van der Waals surface area (Å²) in [6, 6.07) is 10.4. The number of hydrogen-bond acceptors (Lipinski definition) is 4. The molecule has 11 heteroatoms. The first-order valence-corrected chi connectivity index (χ1v) is 12.6. The first kappa shape index (κ1) is 26.3. The zero-order chi connectivity index (χ0) is 24.1. The molecule has 0 aromatic heterocycles. The van der Waals surface area contributed by atoms with Crippen molar-refractivity contribution < 1.29 is 18.0 Å². The molecule has 0 radical (unpaired) electrons. The van der Waals surface area contributed by atoms with Gasteiger partial charge in [-0.15, -0.1) is 0 Å². The van der Waals surface area contributed by atoms with E-state index in [0.717, 1.165) is 16.1 Å². The lowest BCUT2D eigenvalue weighted by atomic mass is 10.1. The summed E-state index contributed by atoms with van der Waals surface area (Å²) in [5, 5.41) is 3.47. The molecule has 32 heavy (non-hydrogen) atoms. The minimum atomic E-state index is -3.90. The Morgan fingerprint density at radius 3 is 2.16 bits per heavy atom. The van der Waals surface area contributed by atoms with Crippen molar-refractivity contribution >= 4 is 62.3 Å². The third-order valence-electron chi connectivity index (χ3n) is 4.75. The molecular formula is C21H24Cl3N3O4S. The minimum absolute atomic E-state index is 0.0782. The van der Waals surface area contributed by atoms with E-state index in [0.29, 0.717) is 11.4 Å². The number of rotatable bonds is 9. The molecular weight excluding hydrogens is 497 g/mol. The Morgan fingerprint density at radius 1 is 1.03 bits per heavy atom. The second-order valence-electron chi connectivity index (χ2n) is 7.05. The molecule has 2 rings (SSSR count). The van der Waals surface area contributed by atoms with Crippen LogP contribution in [-0.4, -0.2) is 51.0 Å². The summed E-state index contributed by atoms with van der Waals surface area (Å²) in [5.41, 5.74) is 0.811. The first-order valence-electron chi connectivity index (χ1n) is 9.66. The fourth-order valence-corrected chi connectivity index (χ4v) is 4.56. The zero-order valence-corrected chi connectivity index (χ0v) is 20.9. The van der Waals surface area contributed by atoms with E-state index in [1.807, 2.05) is 0 Å². The lowest BCUT2D eigenvalue weighted by molar-refractivity contribution is -0.140. The molecule has 0 aliphatic rings. The SMILES string of the molecule is CC[C@@H](C(=O)NC)N(Cc1ccc(Cl)cc1)C(=O)CN(c1cc(Cl)ccc1Cl)S(C)(=O)=O. The summed E-state index contributed by atoms with van der Waals surface area (Å²) < 4.78 is 26.0. The average Bonchev–Trinajstić information content (AvgIpc) is 2.73. The Bertz CT molecular complexity index is 1080. The fourth-order valence-electron chi connectivity index (χ4n) is 3.14. The maximum Gasteiger partial charge on any atom is 0.244 e. The van der Waals surface area contributed by atoms with Gasteiger partial charge in [-0.1, -0.05) is 53.9 Å². The van der Waals surface area contributed by atoms with Gasteiger partial charge in [0.05, 0.1) is 17.0 Å². The molecule has 0 bridgehead atoms. The number of hydrogen-bond donors (Lipinski definition) is 1. The zero-order valence-electron chi connectivity index (χ0n) is 17.8. The van der Waals surface area contributed by atoms with E-state index < -0.39 is 28.5 Å². The van der Waals surface area contributed by atoms with E-state index >= 15 is 0 Å². The summed E-state index contributed by atoms with van der Waals surface area (Å²) in [6.45, 7) is 1.30. The summed E-state index contributed by atoms with van der Waals surface area (Å²) in [4.78, 5) is 27.2. The van der Waals surface area contributed by atoms with E-state index in [2.05, 4.69) is 5.32 Å². The molecule has 2 aromatic rings. The van der Waals surface area contributed by atoms with Crippen LogP contribution in [0.15, 0.2) is 42.5 Å². The molecule has 2 amide bonds. The molecule has 1 N–H and O–H groups in total. The molecule has 0 saturated carbocycles. The largest absolute Gasteiger partial charge is 0.357 e. The number of carbonyl (C=O) groups excluding carboxylic acids is 2. The van der Waals surface area contributed by atoms with Gasteiger partial charge in [-0.05, 0) is 42.3 Å². The van der Waals surface area contributed by atoms with Gasteiger partial charge in [-0.25, -0.2) is 8.42 Å². The molecule has 0 fully saturated rings. The number of benzene rings is 2. The Balaban J connectivity index is 2.46. The van der Waals surface area contributed by atoms with Crippen LogP contribution in [0.25, 0.3) is 0 Å². The molecule has 1 atom stereocenters. The Hall–Kier alpha value is -2.00. The summed E-state index contributed by atoms with van der Waals surface area (Å²) in [6.07, 6.45) is 1.30. The van der Waals surface area contributed by atoms with Gasteiger partial charge in [-0.2, -0.15) is 0 Å². The van der Waals surface area contributed by atoms with Gasteiger partial charge in [0.15, 0.2) is 0 Å². The number of sulfonamides is 1. The maximum absolute atomic E-state index is 13.4. The predicted octanol–water partition coefficient (Wildman–Crippen LogP) is 3.97. The lowest BCUT2D eigenvalue weighted by Gasteiger charge is -2.32. The standard InChI is InChI=1S/C21H24Cl3N3O4S/c1-4-18(21(29)25-2)26(12-14-5-7-15(22)8-6-14)20(28)13-27(32(3,30)31)19-11-16(23)9-10-17(19)24/h5-11,18H,4,12-13H2,1-3H3,(H,25,29)/t18-/m0/s1. The average molecular weight is 521 g/mol. The molecule has 0 heterocycles. The highest BCUT2D eigenvalue weighted by atomic mass is 35.5. The Kier molecular flexibility index (Phi) is 9.21. The van der Waals surface area contributed by atoms with E-state index in [9.17, 15) is 18.0 Å². The third-order valence-corrected chi connectivity index (χ3v) is 6.69. The molecule has 0 spiro atoms. The van der Waals surface area contributed by atoms with Gasteiger partial charge in [0.25, 0.3) is 0 Å². The molecule has 0 aliphatic carbocycles. The van der Waals surface area contributed by atoms with Gasteiger partial charge in [0.2, 0.25) is 21.8 Å². The number of likely N-dealkylation sites (N-methyl/N-ethyl adjacent to an activating group) is 1. The Morgan fingerprint density at radius 2 is 1.62 bits per heavy atom. The topological polar surface area (TPSA) is 86.8 Å². The highest BCUT2D eigenvalue weighted by Gasteiger charge is 2.32. The van der Waals surface area contributed by atoms with Crippen molar-refractivity contribution in [3.05, 3.63) is 63.1 Å². The number of halogens is 3. The number of carbonyl (C=O) groups is 2. The van der Waals surface area contributed by atoms with Crippen molar-refractivity contribution in [2.45, 2.75) is 25.9 Å². The van der Waals surface area contributed by atoms with Crippen LogP contribution < -0.4 is 9.62 Å². The molecule has 7 nitrogen and oxygen atoms in total. The quantitative estimate of drug-likeness (QED) is 0.542. The normalized spacial score (nSPS) is 12.2. The van der Waals surface area contributed by atoms with Crippen LogP contribution in [0.5, 0.6) is 0 Å². The second kappa shape index (κ2) is 11.2. The number of anilines is 1. The first-order chi connectivity index (χ1) is 15.0. The van der Waals surface area contributed by atoms with Gasteiger partial charge in [0.1, 0.15) is 12.6 Å². The van der Waals surface area contributed by atoms with Crippen LogP contribution in [0.1, 0.15) is 18.9 Å². The Labute approximate surface area is 203 Å². The van der Waals surface area contributed by atoms with Crippen molar-refractivity contribution in [3.8, 4) is 0 Å². The third kappa shape index (κ3) is 6.75. The van der Waals surface area contributed by atoms with Gasteiger partial charge in [0, 0.05) is 23.6 Å². The second-order valence-corrected chi connectivity index (χ2v) is 10.2. The molecule has 2 aromatic carbocycles. The number of nitrogens with one attached hydrogen (secondary N) is 1.